The quantitative estimate of drug-likeness (QED) is 0.838. The minimum absolute atomic E-state index is 0.174. The Kier molecular flexibility index (Phi) is 4.95. The van der Waals surface area contributed by atoms with Crippen LogP contribution in [0.3, 0.4) is 0 Å². The van der Waals surface area contributed by atoms with Crippen LogP contribution in [0.1, 0.15) is 23.5 Å². The van der Waals surface area contributed by atoms with E-state index in [2.05, 4.69) is 4.98 Å². The minimum Gasteiger partial charge on any atom is -0.486 e. The number of hydrogen-bond donors (Lipinski definition) is 0. The van der Waals surface area contributed by atoms with Crippen LogP contribution in [0, 0.1) is 0 Å². The maximum atomic E-state index is 12.1. The van der Waals surface area contributed by atoms with E-state index in [-0.39, 0.29) is 5.91 Å². The Morgan fingerprint density at radius 1 is 1.27 bits per heavy atom. The first-order valence-corrected chi connectivity index (χ1v) is 8.56. The molecule has 0 bridgehead atoms. The second-order valence-electron chi connectivity index (χ2n) is 5.24. The summed E-state index contributed by atoms with van der Waals surface area (Å²) in [5.74, 6) is 0.933. The van der Waals surface area contributed by atoms with Gasteiger partial charge in [0.2, 0.25) is 5.91 Å². The largest absolute Gasteiger partial charge is 0.486 e. The van der Waals surface area contributed by atoms with Gasteiger partial charge in [-0.3, -0.25) is 4.79 Å². The second kappa shape index (κ2) is 7.11. The van der Waals surface area contributed by atoms with E-state index in [0.717, 1.165) is 42.4 Å². The Morgan fingerprint density at radius 3 is 2.73 bits per heavy atom. The maximum absolute atomic E-state index is 12.1. The molecule has 6 heteroatoms. The molecule has 0 aliphatic carbocycles. The van der Waals surface area contributed by atoms with Gasteiger partial charge in [0.25, 0.3) is 0 Å². The first-order chi connectivity index (χ1) is 10.7. The second-order valence-corrected chi connectivity index (χ2v) is 6.62. The summed E-state index contributed by atoms with van der Waals surface area (Å²) < 4.78 is 5.66. The van der Waals surface area contributed by atoms with Crippen molar-refractivity contribution < 1.29 is 9.53 Å². The Morgan fingerprint density at radius 2 is 2.00 bits per heavy atom. The molecule has 1 aliphatic heterocycles. The molecule has 0 N–H and O–H groups in total. The number of carbonyl (C=O) groups excluding carboxylic acids is 1. The zero-order valence-electron chi connectivity index (χ0n) is 12.1. The lowest BCUT2D eigenvalue weighted by Gasteiger charge is -2.13. The summed E-state index contributed by atoms with van der Waals surface area (Å²) in [5.41, 5.74) is 0.830. The zero-order chi connectivity index (χ0) is 15.4. The monoisotopic (exact) mass is 336 g/mol. The standard InChI is InChI=1S/C16H17ClN2O2S/c17-12-3-5-14(6-4-12)21-10-15-18-13(11-22-15)9-16(20)19-7-1-2-8-19/h3-6,11H,1-2,7-10H2. The van der Waals surface area contributed by atoms with Crippen molar-refractivity contribution >= 4 is 28.8 Å². The van der Waals surface area contributed by atoms with Crippen molar-refractivity contribution in [3.63, 3.8) is 0 Å². The molecule has 0 atom stereocenters. The third kappa shape index (κ3) is 3.99. The van der Waals surface area contributed by atoms with Gasteiger partial charge < -0.3 is 9.64 Å². The maximum Gasteiger partial charge on any atom is 0.228 e. The molecule has 2 aromatic rings. The van der Waals surface area contributed by atoms with Crippen LogP contribution in [0.4, 0.5) is 0 Å². The van der Waals surface area contributed by atoms with Crippen LogP contribution in [0.25, 0.3) is 0 Å². The number of hydrogen-bond acceptors (Lipinski definition) is 4. The van der Waals surface area contributed by atoms with Gasteiger partial charge in [0.1, 0.15) is 17.4 Å². The van der Waals surface area contributed by atoms with Crippen molar-refractivity contribution in [2.75, 3.05) is 13.1 Å². The third-order valence-corrected chi connectivity index (χ3v) is 4.69. The van der Waals surface area contributed by atoms with Crippen molar-refractivity contribution in [1.29, 1.82) is 0 Å². The smallest absolute Gasteiger partial charge is 0.228 e. The molecule has 1 aromatic heterocycles. The molecule has 1 aliphatic rings. The van der Waals surface area contributed by atoms with Gasteiger partial charge in [-0.05, 0) is 37.1 Å². The summed E-state index contributed by atoms with van der Waals surface area (Å²) in [6.07, 6.45) is 2.61. The lowest BCUT2D eigenvalue weighted by atomic mass is 10.3. The number of rotatable bonds is 5. The van der Waals surface area contributed by atoms with Gasteiger partial charge in [-0.2, -0.15) is 0 Å². The SMILES string of the molecule is O=C(Cc1csc(COc2ccc(Cl)cc2)n1)N1CCCC1. The fraction of sp³-hybridized carbons (Fsp3) is 0.375. The molecular formula is C16H17ClN2O2S. The van der Waals surface area contributed by atoms with Crippen molar-refractivity contribution in [2.45, 2.75) is 25.9 Å². The molecule has 4 nitrogen and oxygen atoms in total. The van der Waals surface area contributed by atoms with Crippen molar-refractivity contribution in [3.05, 3.63) is 45.4 Å². The molecule has 1 amide bonds. The molecule has 0 saturated carbocycles. The van der Waals surface area contributed by atoms with Crippen LogP contribution < -0.4 is 4.74 Å². The topological polar surface area (TPSA) is 42.4 Å². The lowest BCUT2D eigenvalue weighted by molar-refractivity contribution is -0.129. The van der Waals surface area contributed by atoms with E-state index in [1.807, 2.05) is 22.4 Å². The molecule has 0 spiro atoms. The Balaban J connectivity index is 1.52. The molecule has 22 heavy (non-hydrogen) atoms. The van der Waals surface area contributed by atoms with E-state index in [0.29, 0.717) is 18.1 Å². The third-order valence-electron chi connectivity index (χ3n) is 3.57. The number of ether oxygens (including phenoxy) is 1. The number of thiazole rings is 1. The van der Waals surface area contributed by atoms with E-state index in [9.17, 15) is 4.79 Å². The van der Waals surface area contributed by atoms with Crippen LogP contribution in [0.2, 0.25) is 5.02 Å². The van der Waals surface area contributed by atoms with Crippen LogP contribution in [0.5, 0.6) is 5.75 Å². The highest BCUT2D eigenvalue weighted by Crippen LogP contribution is 2.19. The Labute approximate surface area is 138 Å². The van der Waals surface area contributed by atoms with Crippen molar-refractivity contribution in [3.8, 4) is 5.75 Å². The number of carbonyl (C=O) groups is 1. The van der Waals surface area contributed by atoms with Gasteiger partial charge in [0.15, 0.2) is 0 Å². The number of nitrogens with zero attached hydrogens (tertiary/aromatic N) is 2. The fourth-order valence-electron chi connectivity index (χ4n) is 2.41. The summed E-state index contributed by atoms with van der Waals surface area (Å²) in [5, 5.41) is 3.50. The summed E-state index contributed by atoms with van der Waals surface area (Å²) in [4.78, 5) is 18.5. The fourth-order valence-corrected chi connectivity index (χ4v) is 3.24. The molecule has 2 heterocycles. The van der Waals surface area contributed by atoms with E-state index in [1.165, 1.54) is 11.3 Å². The number of aromatic nitrogens is 1. The number of amides is 1. The van der Waals surface area contributed by atoms with Crippen LogP contribution in [-0.2, 0) is 17.8 Å². The van der Waals surface area contributed by atoms with Crippen molar-refractivity contribution in [2.24, 2.45) is 0 Å². The van der Waals surface area contributed by atoms with E-state index >= 15 is 0 Å². The molecule has 1 aromatic carbocycles. The average Bonchev–Trinajstić information content (AvgIpc) is 3.18. The van der Waals surface area contributed by atoms with Gasteiger partial charge in [-0.1, -0.05) is 11.6 Å². The lowest BCUT2D eigenvalue weighted by Crippen LogP contribution is -2.29. The highest BCUT2D eigenvalue weighted by Gasteiger charge is 2.19. The molecule has 0 radical (unpaired) electrons. The summed E-state index contributed by atoms with van der Waals surface area (Å²) in [6, 6.07) is 7.24. The number of benzene rings is 1. The highest BCUT2D eigenvalue weighted by molar-refractivity contribution is 7.09. The summed E-state index contributed by atoms with van der Waals surface area (Å²) in [6.45, 7) is 2.18. The summed E-state index contributed by atoms with van der Waals surface area (Å²) in [7, 11) is 0. The Hall–Kier alpha value is -1.59. The molecule has 3 rings (SSSR count). The Bertz CT molecular complexity index is 636. The van der Waals surface area contributed by atoms with Crippen LogP contribution in [-0.4, -0.2) is 28.9 Å². The number of likely N-dealkylation sites (tertiary alicyclic amines) is 1. The molecular weight excluding hydrogens is 320 g/mol. The van der Waals surface area contributed by atoms with Gasteiger partial charge in [0, 0.05) is 23.5 Å². The molecule has 116 valence electrons. The zero-order valence-corrected chi connectivity index (χ0v) is 13.7. The first kappa shape index (κ1) is 15.3. The molecule has 1 saturated heterocycles. The predicted molar refractivity (Wildman–Crippen MR) is 87.4 cm³/mol. The highest BCUT2D eigenvalue weighted by atomic mass is 35.5. The van der Waals surface area contributed by atoms with Gasteiger partial charge >= 0.3 is 0 Å². The number of halogens is 1. The van der Waals surface area contributed by atoms with Crippen LogP contribution >= 0.6 is 22.9 Å². The van der Waals surface area contributed by atoms with Gasteiger partial charge in [-0.15, -0.1) is 11.3 Å². The summed E-state index contributed by atoms with van der Waals surface area (Å²) >= 11 is 7.36. The van der Waals surface area contributed by atoms with E-state index < -0.39 is 0 Å². The molecule has 0 unspecified atom stereocenters. The van der Waals surface area contributed by atoms with E-state index in [1.54, 1.807) is 12.1 Å². The predicted octanol–water partition coefficient (Wildman–Crippen LogP) is 3.54. The van der Waals surface area contributed by atoms with Gasteiger partial charge in [-0.25, -0.2) is 4.98 Å². The van der Waals surface area contributed by atoms with Gasteiger partial charge in [0.05, 0.1) is 12.1 Å². The van der Waals surface area contributed by atoms with Crippen LogP contribution in [0.15, 0.2) is 29.6 Å². The minimum atomic E-state index is 0.174. The van der Waals surface area contributed by atoms with Crippen molar-refractivity contribution in [1.82, 2.24) is 9.88 Å². The van der Waals surface area contributed by atoms with E-state index in [4.69, 9.17) is 16.3 Å². The normalized spacial score (nSPS) is 14.3. The molecule has 1 fully saturated rings. The average molecular weight is 337 g/mol. The first-order valence-electron chi connectivity index (χ1n) is 7.30.